The second-order valence-corrected chi connectivity index (χ2v) is 5.10. The molecular weight excluding hydrogens is 289 g/mol. The zero-order valence-electron chi connectivity index (χ0n) is 9.06. The van der Waals surface area contributed by atoms with Crippen molar-refractivity contribution in [3.05, 3.63) is 28.3 Å². The molecule has 0 bridgehead atoms. The highest BCUT2D eigenvalue weighted by Gasteiger charge is 2.16. The Hall–Kier alpha value is -0.250. The van der Waals surface area contributed by atoms with E-state index in [2.05, 4.69) is 21.2 Å². The van der Waals surface area contributed by atoms with Crippen LogP contribution in [0.15, 0.2) is 12.1 Å². The van der Waals surface area contributed by atoms with Crippen LogP contribution in [0.4, 0.5) is 0 Å². The van der Waals surface area contributed by atoms with E-state index in [0.717, 1.165) is 48.6 Å². The van der Waals surface area contributed by atoms with E-state index in [9.17, 15) is 0 Å². The van der Waals surface area contributed by atoms with Crippen molar-refractivity contribution >= 4 is 27.5 Å². The SMILES string of the molecule is Clc1cc2c(c(CNCCCBr)c1)OCC2. The Morgan fingerprint density at radius 1 is 1.44 bits per heavy atom. The lowest BCUT2D eigenvalue weighted by Crippen LogP contribution is -2.15. The van der Waals surface area contributed by atoms with Gasteiger partial charge in [-0.15, -0.1) is 0 Å². The number of ether oxygens (including phenoxy) is 1. The van der Waals surface area contributed by atoms with Gasteiger partial charge in [0.1, 0.15) is 5.75 Å². The number of rotatable bonds is 5. The van der Waals surface area contributed by atoms with Crippen LogP contribution in [-0.2, 0) is 13.0 Å². The van der Waals surface area contributed by atoms with Crippen LogP contribution in [0.2, 0.25) is 5.02 Å². The van der Waals surface area contributed by atoms with Crippen LogP contribution in [0.1, 0.15) is 17.5 Å². The molecule has 0 spiro atoms. The van der Waals surface area contributed by atoms with Gasteiger partial charge in [0.2, 0.25) is 0 Å². The summed E-state index contributed by atoms with van der Waals surface area (Å²) in [5, 5.41) is 5.23. The first-order chi connectivity index (χ1) is 7.81. The Balaban J connectivity index is 2.03. The average Bonchev–Trinajstić information content (AvgIpc) is 2.72. The Bertz CT molecular complexity index is 370. The van der Waals surface area contributed by atoms with E-state index in [4.69, 9.17) is 16.3 Å². The molecule has 4 heteroatoms. The Kier molecular flexibility index (Phi) is 4.50. The normalized spacial score (nSPS) is 13.6. The molecule has 0 aliphatic carbocycles. The van der Waals surface area contributed by atoms with E-state index >= 15 is 0 Å². The molecule has 2 nitrogen and oxygen atoms in total. The highest BCUT2D eigenvalue weighted by molar-refractivity contribution is 9.09. The molecule has 0 aromatic heterocycles. The molecule has 2 rings (SSSR count). The van der Waals surface area contributed by atoms with E-state index < -0.39 is 0 Å². The van der Waals surface area contributed by atoms with Crippen molar-refractivity contribution in [2.24, 2.45) is 0 Å². The molecule has 0 saturated heterocycles. The fourth-order valence-corrected chi connectivity index (χ4v) is 2.44. The minimum absolute atomic E-state index is 0.782. The minimum atomic E-state index is 0.782. The molecule has 0 fully saturated rings. The molecular formula is C12H15BrClNO. The maximum absolute atomic E-state index is 6.08. The summed E-state index contributed by atoms with van der Waals surface area (Å²) in [6.07, 6.45) is 2.11. The molecule has 1 aliphatic rings. The first kappa shape index (κ1) is 12.2. The molecule has 1 heterocycles. The lowest BCUT2D eigenvalue weighted by Gasteiger charge is -2.09. The van der Waals surface area contributed by atoms with E-state index in [0.29, 0.717) is 0 Å². The average molecular weight is 305 g/mol. The molecule has 1 aromatic rings. The molecule has 0 unspecified atom stereocenters. The summed E-state index contributed by atoms with van der Waals surface area (Å²) in [5.41, 5.74) is 2.42. The zero-order chi connectivity index (χ0) is 11.4. The molecule has 88 valence electrons. The number of alkyl halides is 1. The maximum atomic E-state index is 6.08. The molecule has 0 atom stereocenters. The van der Waals surface area contributed by atoms with Gasteiger partial charge in [0.05, 0.1) is 6.61 Å². The summed E-state index contributed by atoms with van der Waals surface area (Å²) in [6.45, 7) is 2.62. The predicted molar refractivity (Wildman–Crippen MR) is 70.8 cm³/mol. The lowest BCUT2D eigenvalue weighted by atomic mass is 10.1. The summed E-state index contributed by atoms with van der Waals surface area (Å²) in [4.78, 5) is 0. The molecule has 16 heavy (non-hydrogen) atoms. The molecule has 0 radical (unpaired) electrons. The van der Waals surface area contributed by atoms with E-state index in [1.165, 1.54) is 11.1 Å². The van der Waals surface area contributed by atoms with Crippen LogP contribution in [0.3, 0.4) is 0 Å². The summed E-state index contributed by atoms with van der Waals surface area (Å²) in [6, 6.07) is 4.00. The van der Waals surface area contributed by atoms with Crippen molar-refractivity contribution in [3.63, 3.8) is 0 Å². The number of nitrogens with one attached hydrogen (secondary N) is 1. The van der Waals surface area contributed by atoms with Crippen LogP contribution >= 0.6 is 27.5 Å². The van der Waals surface area contributed by atoms with Crippen molar-refractivity contribution < 1.29 is 4.74 Å². The fraction of sp³-hybridized carbons (Fsp3) is 0.500. The molecule has 0 amide bonds. The molecule has 1 aromatic carbocycles. The topological polar surface area (TPSA) is 21.3 Å². The summed E-state index contributed by atoms with van der Waals surface area (Å²) in [7, 11) is 0. The zero-order valence-corrected chi connectivity index (χ0v) is 11.4. The third kappa shape index (κ3) is 2.90. The van der Waals surface area contributed by atoms with Gasteiger partial charge in [-0.2, -0.15) is 0 Å². The van der Waals surface area contributed by atoms with E-state index in [-0.39, 0.29) is 0 Å². The van der Waals surface area contributed by atoms with E-state index in [1.807, 2.05) is 12.1 Å². The van der Waals surface area contributed by atoms with Gasteiger partial charge in [0.25, 0.3) is 0 Å². The number of benzene rings is 1. The highest BCUT2D eigenvalue weighted by atomic mass is 79.9. The summed E-state index contributed by atoms with van der Waals surface area (Å²) < 4.78 is 5.63. The van der Waals surface area contributed by atoms with E-state index in [1.54, 1.807) is 0 Å². The summed E-state index contributed by atoms with van der Waals surface area (Å²) >= 11 is 9.49. The number of fused-ring (bicyclic) bond motifs is 1. The van der Waals surface area contributed by atoms with Gasteiger partial charge in [-0.25, -0.2) is 0 Å². The van der Waals surface area contributed by atoms with Gasteiger partial charge in [-0.3, -0.25) is 0 Å². The van der Waals surface area contributed by atoms with Crippen LogP contribution in [0.25, 0.3) is 0 Å². The first-order valence-electron chi connectivity index (χ1n) is 5.52. The maximum Gasteiger partial charge on any atom is 0.127 e. The third-order valence-corrected chi connectivity index (χ3v) is 3.41. The van der Waals surface area contributed by atoms with Crippen molar-refractivity contribution in [1.29, 1.82) is 0 Å². The number of hydrogen-bond donors (Lipinski definition) is 1. The van der Waals surface area contributed by atoms with Crippen LogP contribution in [0, 0.1) is 0 Å². The quantitative estimate of drug-likeness (QED) is 0.666. The third-order valence-electron chi connectivity index (χ3n) is 2.63. The van der Waals surface area contributed by atoms with Gasteiger partial charge >= 0.3 is 0 Å². The number of halogens is 2. The molecule has 1 N–H and O–H groups in total. The van der Waals surface area contributed by atoms with Crippen molar-refractivity contribution in [3.8, 4) is 5.75 Å². The standard InChI is InChI=1S/C12H15BrClNO/c13-3-1-4-15-8-10-7-11(14)6-9-2-5-16-12(9)10/h6-7,15H,1-5,8H2. The van der Waals surface area contributed by atoms with Crippen molar-refractivity contribution in [2.75, 3.05) is 18.5 Å². The van der Waals surface area contributed by atoms with Gasteiger partial charge in [-0.05, 0) is 30.7 Å². The lowest BCUT2D eigenvalue weighted by molar-refractivity contribution is 0.352. The van der Waals surface area contributed by atoms with Crippen molar-refractivity contribution in [1.82, 2.24) is 5.32 Å². The summed E-state index contributed by atoms with van der Waals surface area (Å²) in [5.74, 6) is 1.04. The van der Waals surface area contributed by atoms with Crippen LogP contribution in [0.5, 0.6) is 5.75 Å². The largest absolute Gasteiger partial charge is 0.493 e. The smallest absolute Gasteiger partial charge is 0.127 e. The monoisotopic (exact) mass is 303 g/mol. The van der Waals surface area contributed by atoms with Gasteiger partial charge < -0.3 is 10.1 Å². The Labute approximate surface area is 109 Å². The minimum Gasteiger partial charge on any atom is -0.493 e. The predicted octanol–water partition coefficient (Wildman–Crippen LogP) is 3.15. The van der Waals surface area contributed by atoms with Crippen LogP contribution in [-0.4, -0.2) is 18.5 Å². The Morgan fingerprint density at radius 3 is 3.12 bits per heavy atom. The van der Waals surface area contributed by atoms with Crippen molar-refractivity contribution in [2.45, 2.75) is 19.4 Å². The first-order valence-corrected chi connectivity index (χ1v) is 7.02. The van der Waals surface area contributed by atoms with Gasteiger partial charge in [-0.1, -0.05) is 27.5 Å². The highest BCUT2D eigenvalue weighted by Crippen LogP contribution is 2.32. The second-order valence-electron chi connectivity index (χ2n) is 3.87. The molecule has 0 saturated carbocycles. The fourth-order valence-electron chi connectivity index (χ4n) is 1.89. The van der Waals surface area contributed by atoms with Crippen LogP contribution < -0.4 is 10.1 Å². The second kappa shape index (κ2) is 5.89. The number of hydrogen-bond acceptors (Lipinski definition) is 2. The van der Waals surface area contributed by atoms with Gasteiger partial charge in [0, 0.05) is 28.9 Å². The Morgan fingerprint density at radius 2 is 2.31 bits per heavy atom. The molecule has 1 aliphatic heterocycles. The van der Waals surface area contributed by atoms with Gasteiger partial charge in [0.15, 0.2) is 0 Å².